The number of phenols is 1. The fourth-order valence-electron chi connectivity index (χ4n) is 2.92. The second-order valence-electron chi connectivity index (χ2n) is 6.54. The van der Waals surface area contributed by atoms with Gasteiger partial charge in [0.05, 0.1) is 31.0 Å². The van der Waals surface area contributed by atoms with Crippen LogP contribution in [0.3, 0.4) is 0 Å². The number of hydrogen-bond donors (Lipinski definition) is 1. The zero-order valence-electron chi connectivity index (χ0n) is 16.6. The number of phenolic OH excluding ortho intramolecular Hbond substituents is 1. The molecular weight excluding hydrogens is 414 g/mol. The molecule has 31 heavy (non-hydrogen) atoms. The van der Waals surface area contributed by atoms with E-state index in [0.717, 1.165) is 11.1 Å². The van der Waals surface area contributed by atoms with Crippen LogP contribution in [0.15, 0.2) is 86.5 Å². The summed E-state index contributed by atoms with van der Waals surface area (Å²) in [5.74, 6) is 1.30. The molecule has 3 aromatic rings. The summed E-state index contributed by atoms with van der Waals surface area (Å²) in [5, 5.41) is 18.4. The van der Waals surface area contributed by atoms with Crippen LogP contribution < -0.4 is 4.74 Å². The van der Waals surface area contributed by atoms with E-state index < -0.39 is 0 Å². The lowest BCUT2D eigenvalue weighted by Crippen LogP contribution is -2.28. The minimum Gasteiger partial charge on any atom is -0.508 e. The highest BCUT2D eigenvalue weighted by atomic mass is 32.2. The fourth-order valence-corrected chi connectivity index (χ4v) is 3.85. The maximum Gasteiger partial charge on any atom is 0.267 e. The van der Waals surface area contributed by atoms with Gasteiger partial charge in [0.1, 0.15) is 17.3 Å². The highest BCUT2D eigenvalue weighted by Crippen LogP contribution is 2.34. The molecule has 1 amide bonds. The normalized spacial score (nSPS) is 16.7. The molecule has 0 spiro atoms. The number of benzene rings is 2. The van der Waals surface area contributed by atoms with E-state index in [9.17, 15) is 9.90 Å². The number of amidine groups is 1. The summed E-state index contributed by atoms with van der Waals surface area (Å²) >= 11 is 1.23. The average molecular weight is 433 g/mol. The first-order valence-corrected chi connectivity index (χ1v) is 10.2. The summed E-state index contributed by atoms with van der Waals surface area (Å²) in [4.78, 5) is 15.1. The lowest BCUT2D eigenvalue weighted by Gasteiger charge is -2.12. The van der Waals surface area contributed by atoms with E-state index in [1.165, 1.54) is 16.7 Å². The number of carbonyl (C=O) groups excluding carboxylic acids is 1. The Labute approximate surface area is 183 Å². The van der Waals surface area contributed by atoms with Gasteiger partial charge < -0.3 is 14.3 Å². The smallest absolute Gasteiger partial charge is 0.267 e. The second-order valence-corrected chi connectivity index (χ2v) is 7.55. The molecule has 0 saturated carbocycles. The summed E-state index contributed by atoms with van der Waals surface area (Å²) in [5.41, 5.74) is 1.58. The van der Waals surface area contributed by atoms with Crippen LogP contribution >= 0.6 is 11.8 Å². The Balaban J connectivity index is 1.62. The number of aromatic hydroxyl groups is 1. The van der Waals surface area contributed by atoms with Crippen LogP contribution in [0.2, 0.25) is 0 Å². The molecule has 2 heterocycles. The number of amides is 1. The van der Waals surface area contributed by atoms with Gasteiger partial charge in [0.2, 0.25) is 0 Å². The van der Waals surface area contributed by atoms with E-state index in [4.69, 9.17) is 9.15 Å². The first kappa shape index (κ1) is 20.5. The summed E-state index contributed by atoms with van der Waals surface area (Å²) in [6.07, 6.45) is 4.91. The van der Waals surface area contributed by atoms with Gasteiger partial charge in [0, 0.05) is 5.56 Å². The van der Waals surface area contributed by atoms with Crippen LogP contribution in [-0.4, -0.2) is 34.4 Å². The van der Waals surface area contributed by atoms with Gasteiger partial charge in [-0.15, -0.1) is 5.10 Å². The molecule has 0 bridgehead atoms. The molecule has 1 aromatic heterocycles. The number of carbonyl (C=O) groups is 1. The molecule has 2 aromatic carbocycles. The number of ether oxygens (including phenoxy) is 1. The number of hydrogen-bond acceptors (Lipinski definition) is 7. The van der Waals surface area contributed by atoms with Crippen molar-refractivity contribution in [2.24, 2.45) is 10.2 Å². The van der Waals surface area contributed by atoms with Crippen LogP contribution in [0, 0.1) is 0 Å². The number of thioether (sulfide) groups is 1. The van der Waals surface area contributed by atoms with E-state index in [2.05, 4.69) is 10.2 Å². The molecule has 156 valence electrons. The van der Waals surface area contributed by atoms with Gasteiger partial charge in [-0.3, -0.25) is 9.69 Å². The first-order chi connectivity index (χ1) is 15.1. The van der Waals surface area contributed by atoms with E-state index in [1.807, 2.05) is 24.3 Å². The van der Waals surface area contributed by atoms with Crippen molar-refractivity contribution in [3.63, 3.8) is 0 Å². The molecule has 1 fully saturated rings. The Bertz CT molecular complexity index is 1150. The molecule has 8 heteroatoms. The SMILES string of the molecule is COc1ccccc1/C=N/N=C1\S/C(=C\c2ccc(O)cc2)C(=O)N1Cc1ccco1. The lowest BCUT2D eigenvalue weighted by molar-refractivity contribution is -0.122. The Morgan fingerprint density at radius 1 is 1.13 bits per heavy atom. The molecule has 0 unspecified atom stereocenters. The molecular formula is C23H19N3O4S. The highest BCUT2D eigenvalue weighted by Gasteiger charge is 2.34. The fraction of sp³-hybridized carbons (Fsp3) is 0.0870. The van der Waals surface area contributed by atoms with Gasteiger partial charge >= 0.3 is 0 Å². The minimum absolute atomic E-state index is 0.167. The largest absolute Gasteiger partial charge is 0.508 e. The van der Waals surface area contributed by atoms with Gasteiger partial charge in [-0.2, -0.15) is 5.10 Å². The van der Waals surface area contributed by atoms with E-state index in [0.29, 0.717) is 21.6 Å². The van der Waals surface area contributed by atoms with Gasteiger partial charge in [-0.1, -0.05) is 24.3 Å². The van der Waals surface area contributed by atoms with Gasteiger partial charge in [-0.05, 0) is 59.8 Å². The molecule has 1 N–H and O–H groups in total. The Morgan fingerprint density at radius 3 is 2.68 bits per heavy atom. The maximum atomic E-state index is 13.0. The van der Waals surface area contributed by atoms with Crippen LogP contribution in [0.1, 0.15) is 16.9 Å². The van der Waals surface area contributed by atoms with Gasteiger partial charge in [0.25, 0.3) is 5.91 Å². The van der Waals surface area contributed by atoms with Crippen molar-refractivity contribution in [1.82, 2.24) is 4.90 Å². The zero-order chi connectivity index (χ0) is 21.6. The third-order valence-electron chi connectivity index (χ3n) is 4.45. The number of rotatable bonds is 6. The molecule has 0 atom stereocenters. The molecule has 1 saturated heterocycles. The third-order valence-corrected chi connectivity index (χ3v) is 5.45. The van der Waals surface area contributed by atoms with E-state index in [-0.39, 0.29) is 18.2 Å². The minimum atomic E-state index is -0.194. The first-order valence-electron chi connectivity index (χ1n) is 9.41. The summed E-state index contributed by atoms with van der Waals surface area (Å²) < 4.78 is 10.7. The number of methoxy groups -OCH3 is 1. The standard InChI is InChI=1S/C23H19N3O4S/c1-29-20-7-3-2-5-17(20)14-24-25-23-26(15-19-6-4-12-30-19)22(28)21(31-23)13-16-8-10-18(27)11-9-16/h2-14,27H,15H2,1H3/b21-13-,24-14+,25-23-. The second kappa shape index (κ2) is 9.36. The van der Waals surface area contributed by atoms with Gasteiger partial charge in [0.15, 0.2) is 5.17 Å². The monoisotopic (exact) mass is 433 g/mol. The predicted octanol–water partition coefficient (Wildman–Crippen LogP) is 4.50. The van der Waals surface area contributed by atoms with E-state index >= 15 is 0 Å². The summed E-state index contributed by atoms with van der Waals surface area (Å²) in [6.45, 7) is 0.245. The number of furan rings is 1. The van der Waals surface area contributed by atoms with Crippen molar-refractivity contribution in [3.05, 3.63) is 88.7 Å². The highest BCUT2D eigenvalue weighted by molar-refractivity contribution is 8.18. The van der Waals surface area contributed by atoms with Crippen LogP contribution in [0.4, 0.5) is 0 Å². The van der Waals surface area contributed by atoms with E-state index in [1.54, 1.807) is 62.1 Å². The Morgan fingerprint density at radius 2 is 1.94 bits per heavy atom. The van der Waals surface area contributed by atoms with Crippen LogP contribution in [-0.2, 0) is 11.3 Å². The maximum absolute atomic E-state index is 13.0. The quantitative estimate of drug-likeness (QED) is 0.351. The molecule has 0 radical (unpaired) electrons. The van der Waals surface area contributed by atoms with Crippen molar-refractivity contribution in [2.75, 3.05) is 7.11 Å². The molecule has 0 aliphatic carbocycles. The topological polar surface area (TPSA) is 87.6 Å². The number of para-hydroxylation sites is 1. The lowest BCUT2D eigenvalue weighted by atomic mass is 10.2. The van der Waals surface area contributed by atoms with Crippen molar-refractivity contribution in [1.29, 1.82) is 0 Å². The predicted molar refractivity (Wildman–Crippen MR) is 121 cm³/mol. The van der Waals surface area contributed by atoms with Gasteiger partial charge in [-0.25, -0.2) is 0 Å². The van der Waals surface area contributed by atoms with Crippen molar-refractivity contribution in [2.45, 2.75) is 6.54 Å². The third kappa shape index (κ3) is 4.87. The Hall–Kier alpha value is -3.78. The molecule has 1 aliphatic heterocycles. The van der Waals surface area contributed by atoms with Crippen LogP contribution in [0.25, 0.3) is 6.08 Å². The molecule has 7 nitrogen and oxygen atoms in total. The summed E-state index contributed by atoms with van der Waals surface area (Å²) in [7, 11) is 1.59. The molecule has 4 rings (SSSR count). The average Bonchev–Trinajstić information content (AvgIpc) is 3.40. The van der Waals surface area contributed by atoms with Crippen molar-refractivity contribution < 1.29 is 19.1 Å². The summed E-state index contributed by atoms with van der Waals surface area (Å²) in [6, 6.07) is 17.7. The van der Waals surface area contributed by atoms with Crippen LogP contribution in [0.5, 0.6) is 11.5 Å². The Kier molecular flexibility index (Phi) is 6.18. The number of nitrogens with zero attached hydrogens (tertiary/aromatic N) is 3. The zero-order valence-corrected chi connectivity index (χ0v) is 17.5. The molecule has 1 aliphatic rings. The van der Waals surface area contributed by atoms with Crippen molar-refractivity contribution >= 4 is 35.1 Å². The van der Waals surface area contributed by atoms with Crippen molar-refractivity contribution in [3.8, 4) is 11.5 Å².